The van der Waals surface area contributed by atoms with Gasteiger partial charge in [0, 0.05) is 25.6 Å². The van der Waals surface area contributed by atoms with Crippen molar-refractivity contribution >= 4 is 33.2 Å². The molecule has 0 spiro atoms. The third kappa shape index (κ3) is 4.03. The van der Waals surface area contributed by atoms with E-state index in [1.165, 1.54) is 8.99 Å². The summed E-state index contributed by atoms with van der Waals surface area (Å²) < 4.78 is 34.5. The maximum Gasteiger partial charge on any atom is 0.249 e. The van der Waals surface area contributed by atoms with Crippen LogP contribution in [0.1, 0.15) is 24.7 Å². The van der Waals surface area contributed by atoms with E-state index in [1.54, 1.807) is 43.0 Å². The van der Waals surface area contributed by atoms with Crippen molar-refractivity contribution in [3.63, 3.8) is 0 Å². The molecule has 0 saturated carbocycles. The molecule has 0 radical (unpaired) electrons. The molecule has 4 rings (SSSR count). The quantitative estimate of drug-likeness (QED) is 0.734. The summed E-state index contributed by atoms with van der Waals surface area (Å²) in [6.45, 7) is 6.24. The number of nitrogens with zero attached hydrogens (tertiary/aromatic N) is 4. The molecule has 1 aromatic carbocycles. The summed E-state index contributed by atoms with van der Waals surface area (Å²) in [5.41, 5.74) is 1.94. The predicted octanol–water partition coefficient (Wildman–Crippen LogP) is 1.28. The molecule has 1 fully saturated rings. The number of carbonyl (C=O) groups is 2. The molecule has 2 aliphatic heterocycles. The fourth-order valence-corrected chi connectivity index (χ4v) is 6.08. The van der Waals surface area contributed by atoms with Gasteiger partial charge >= 0.3 is 0 Å². The summed E-state index contributed by atoms with van der Waals surface area (Å²) >= 11 is 0. The van der Waals surface area contributed by atoms with Crippen LogP contribution in [0.5, 0.6) is 0 Å². The zero-order chi connectivity index (χ0) is 23.0. The Morgan fingerprint density at radius 3 is 2.62 bits per heavy atom. The van der Waals surface area contributed by atoms with Crippen LogP contribution in [0.15, 0.2) is 29.2 Å². The van der Waals surface area contributed by atoms with E-state index < -0.39 is 10.0 Å². The monoisotopic (exact) mass is 461 g/mol. The van der Waals surface area contributed by atoms with Gasteiger partial charge in [-0.2, -0.15) is 9.40 Å². The smallest absolute Gasteiger partial charge is 0.249 e. The summed E-state index contributed by atoms with van der Waals surface area (Å²) in [6, 6.07) is 6.77. The van der Waals surface area contributed by atoms with Gasteiger partial charge in [0.2, 0.25) is 21.8 Å². The molecule has 1 N–H and O–H groups in total. The lowest BCUT2D eigenvalue weighted by atomic mass is 10.1. The van der Waals surface area contributed by atoms with Gasteiger partial charge in [-0.05, 0) is 32.9 Å². The molecule has 2 amide bonds. The van der Waals surface area contributed by atoms with Crippen LogP contribution < -0.4 is 10.2 Å². The van der Waals surface area contributed by atoms with Gasteiger partial charge in [0.25, 0.3) is 0 Å². The van der Waals surface area contributed by atoms with Crippen molar-refractivity contribution in [3.05, 3.63) is 35.7 Å². The number of aromatic nitrogens is 2. The van der Waals surface area contributed by atoms with Crippen LogP contribution >= 0.6 is 0 Å². The standard InChI is InChI=1S/C21H27N5O5S/c1-14-12-19(27)22-17-6-4-5-7-18(17)26(14)20(28)13-25-16(3)21(15(2)23-25)32(29,30)24-8-10-31-11-9-24/h4-7,14H,8-13H2,1-3H3,(H,22,27)/t14-/m1/s1. The minimum atomic E-state index is -3.75. The number of aryl methyl sites for hydroxylation is 1. The molecular weight excluding hydrogens is 434 g/mol. The Balaban J connectivity index is 1.65. The molecule has 1 saturated heterocycles. The fraction of sp³-hybridized carbons (Fsp3) is 0.476. The lowest BCUT2D eigenvalue weighted by Crippen LogP contribution is -2.41. The highest BCUT2D eigenvalue weighted by Gasteiger charge is 2.34. The number of ether oxygens (including phenoxy) is 1. The predicted molar refractivity (Wildman–Crippen MR) is 118 cm³/mol. The number of hydrogen-bond donors (Lipinski definition) is 1. The Bertz CT molecular complexity index is 1150. The summed E-state index contributed by atoms with van der Waals surface area (Å²) in [7, 11) is -3.75. The summed E-state index contributed by atoms with van der Waals surface area (Å²) in [5, 5.41) is 7.21. The minimum absolute atomic E-state index is 0.133. The fourth-order valence-electron chi connectivity index (χ4n) is 4.30. The van der Waals surface area contributed by atoms with Crippen molar-refractivity contribution in [1.29, 1.82) is 0 Å². The molecule has 0 unspecified atom stereocenters. The number of sulfonamides is 1. The van der Waals surface area contributed by atoms with Crippen LogP contribution in [0, 0.1) is 13.8 Å². The lowest BCUT2D eigenvalue weighted by Gasteiger charge is -2.28. The van der Waals surface area contributed by atoms with Crippen molar-refractivity contribution in [2.45, 2.75) is 44.7 Å². The first-order valence-electron chi connectivity index (χ1n) is 10.5. The second kappa shape index (κ2) is 8.64. The highest BCUT2D eigenvalue weighted by Crippen LogP contribution is 2.32. The van der Waals surface area contributed by atoms with E-state index in [4.69, 9.17) is 4.74 Å². The molecule has 3 heterocycles. The van der Waals surface area contributed by atoms with E-state index in [9.17, 15) is 18.0 Å². The molecule has 1 aromatic heterocycles. The van der Waals surface area contributed by atoms with E-state index in [-0.39, 0.29) is 48.8 Å². The molecular formula is C21H27N5O5S. The average molecular weight is 462 g/mol. The molecule has 1 atom stereocenters. The van der Waals surface area contributed by atoms with Crippen molar-refractivity contribution < 1.29 is 22.7 Å². The molecule has 32 heavy (non-hydrogen) atoms. The van der Waals surface area contributed by atoms with Gasteiger partial charge in [0.05, 0.1) is 36.0 Å². The van der Waals surface area contributed by atoms with Crippen LogP contribution in [-0.2, 0) is 30.9 Å². The number of fused-ring (bicyclic) bond motifs is 1. The largest absolute Gasteiger partial charge is 0.379 e. The Morgan fingerprint density at radius 2 is 1.91 bits per heavy atom. The maximum absolute atomic E-state index is 13.4. The Hall–Kier alpha value is -2.76. The van der Waals surface area contributed by atoms with Gasteiger partial charge in [0.1, 0.15) is 11.4 Å². The first kappa shape index (κ1) is 22.4. The number of carbonyl (C=O) groups excluding carboxylic acids is 2. The highest BCUT2D eigenvalue weighted by atomic mass is 32.2. The normalized spacial score (nSPS) is 19.9. The summed E-state index contributed by atoms with van der Waals surface area (Å²) in [4.78, 5) is 27.3. The van der Waals surface area contributed by atoms with Crippen molar-refractivity contribution in [3.8, 4) is 0 Å². The maximum atomic E-state index is 13.4. The van der Waals surface area contributed by atoms with Crippen LogP contribution in [-0.4, -0.2) is 66.7 Å². The summed E-state index contributed by atoms with van der Waals surface area (Å²) in [5.74, 6) is -0.437. The van der Waals surface area contributed by atoms with Gasteiger partial charge in [-0.15, -0.1) is 0 Å². The molecule has 0 bridgehead atoms. The van der Waals surface area contributed by atoms with Crippen molar-refractivity contribution in [2.75, 3.05) is 36.5 Å². The highest BCUT2D eigenvalue weighted by molar-refractivity contribution is 7.89. The molecule has 172 valence electrons. The number of para-hydroxylation sites is 2. The Kier molecular flexibility index (Phi) is 6.06. The first-order valence-corrected chi connectivity index (χ1v) is 12.0. The second-order valence-corrected chi connectivity index (χ2v) is 9.93. The third-order valence-electron chi connectivity index (χ3n) is 5.80. The zero-order valence-corrected chi connectivity index (χ0v) is 19.2. The number of rotatable bonds is 4. The Labute approximate surface area is 187 Å². The van der Waals surface area contributed by atoms with Crippen molar-refractivity contribution in [2.24, 2.45) is 0 Å². The lowest BCUT2D eigenvalue weighted by molar-refractivity contribution is -0.120. The van der Waals surface area contributed by atoms with Crippen molar-refractivity contribution in [1.82, 2.24) is 14.1 Å². The van der Waals surface area contributed by atoms with Crippen LogP contribution in [0.25, 0.3) is 0 Å². The van der Waals surface area contributed by atoms with E-state index in [0.717, 1.165) is 0 Å². The number of nitrogens with one attached hydrogen (secondary N) is 1. The van der Waals surface area contributed by atoms with Gasteiger partial charge in [-0.1, -0.05) is 12.1 Å². The third-order valence-corrected chi connectivity index (χ3v) is 7.95. The Morgan fingerprint density at radius 1 is 1.22 bits per heavy atom. The van der Waals surface area contributed by atoms with E-state index in [1.807, 2.05) is 6.92 Å². The van der Waals surface area contributed by atoms with Gasteiger partial charge < -0.3 is 15.0 Å². The average Bonchev–Trinajstić information content (AvgIpc) is 2.95. The van der Waals surface area contributed by atoms with Gasteiger partial charge in [0.15, 0.2) is 0 Å². The van der Waals surface area contributed by atoms with E-state index >= 15 is 0 Å². The van der Waals surface area contributed by atoms with Gasteiger partial charge in [-0.25, -0.2) is 8.42 Å². The first-order chi connectivity index (χ1) is 15.2. The van der Waals surface area contributed by atoms with E-state index in [0.29, 0.717) is 36.0 Å². The van der Waals surface area contributed by atoms with E-state index in [2.05, 4.69) is 10.4 Å². The molecule has 0 aliphatic carbocycles. The summed E-state index contributed by atoms with van der Waals surface area (Å²) in [6.07, 6.45) is 0.161. The number of hydrogen-bond acceptors (Lipinski definition) is 6. The molecule has 2 aliphatic rings. The van der Waals surface area contributed by atoms with Crippen LogP contribution in [0.4, 0.5) is 11.4 Å². The zero-order valence-electron chi connectivity index (χ0n) is 18.4. The number of anilines is 2. The molecule has 10 nitrogen and oxygen atoms in total. The van der Waals surface area contributed by atoms with Gasteiger partial charge in [-0.3, -0.25) is 14.3 Å². The SMILES string of the molecule is Cc1nn(CC(=O)N2c3ccccc3NC(=O)C[C@H]2C)c(C)c1S(=O)(=O)N1CCOCC1. The molecule has 11 heteroatoms. The topological polar surface area (TPSA) is 114 Å². The van der Waals surface area contributed by atoms with Crippen LogP contribution in [0.3, 0.4) is 0 Å². The molecule has 2 aromatic rings. The second-order valence-electron chi connectivity index (χ2n) is 8.06. The number of morpholine rings is 1. The van der Waals surface area contributed by atoms with Crippen LogP contribution in [0.2, 0.25) is 0 Å². The minimum Gasteiger partial charge on any atom is -0.379 e. The number of amides is 2. The number of benzene rings is 1.